The van der Waals surface area contributed by atoms with Crippen molar-refractivity contribution in [3.8, 4) is 22.4 Å². The number of aromatic nitrogens is 5. The Labute approximate surface area is 186 Å². The second kappa shape index (κ2) is 7.46. The molecule has 1 aliphatic rings. The van der Waals surface area contributed by atoms with Crippen molar-refractivity contribution < 1.29 is 0 Å². The van der Waals surface area contributed by atoms with Gasteiger partial charge in [-0.3, -0.25) is 0 Å². The maximum absolute atomic E-state index is 4.75. The normalized spacial score (nSPS) is 14.5. The number of piperazine rings is 1. The van der Waals surface area contributed by atoms with E-state index in [0.29, 0.717) is 0 Å². The average molecular weight is 424 g/mol. The Hall–Kier alpha value is -3.71. The highest BCUT2D eigenvalue weighted by Crippen LogP contribution is 2.33. The van der Waals surface area contributed by atoms with E-state index < -0.39 is 0 Å². The van der Waals surface area contributed by atoms with Gasteiger partial charge >= 0.3 is 0 Å². The minimum Gasteiger partial charge on any atom is -0.354 e. The van der Waals surface area contributed by atoms with Gasteiger partial charge in [-0.25, -0.2) is 14.5 Å². The van der Waals surface area contributed by atoms with E-state index in [9.17, 15) is 0 Å². The van der Waals surface area contributed by atoms with Crippen molar-refractivity contribution in [1.29, 1.82) is 0 Å². The number of nitrogens with one attached hydrogen (secondary N) is 2. The van der Waals surface area contributed by atoms with Crippen molar-refractivity contribution in [1.82, 2.24) is 29.9 Å². The Morgan fingerprint density at radius 2 is 1.75 bits per heavy atom. The van der Waals surface area contributed by atoms with Gasteiger partial charge in [-0.1, -0.05) is 12.1 Å². The summed E-state index contributed by atoms with van der Waals surface area (Å²) in [6, 6.07) is 13.1. The molecule has 0 atom stereocenters. The third kappa shape index (κ3) is 3.13. The molecule has 0 amide bonds. The number of pyridine rings is 2. The highest BCUT2D eigenvalue weighted by atomic mass is 15.3. The lowest BCUT2D eigenvalue weighted by atomic mass is 10.0. The van der Waals surface area contributed by atoms with Crippen LogP contribution in [0.4, 0.5) is 5.82 Å². The number of aryl methyl sites for hydroxylation is 2. The highest BCUT2D eigenvalue weighted by molar-refractivity contribution is 5.93. The summed E-state index contributed by atoms with van der Waals surface area (Å²) in [6.07, 6.45) is 5.61. The number of benzene rings is 1. The van der Waals surface area contributed by atoms with Crippen LogP contribution < -0.4 is 10.2 Å². The molecular weight excluding hydrogens is 398 g/mol. The van der Waals surface area contributed by atoms with Crippen LogP contribution in [0.2, 0.25) is 0 Å². The molecule has 160 valence electrons. The molecule has 1 aromatic carbocycles. The van der Waals surface area contributed by atoms with Gasteiger partial charge in [-0.15, -0.1) is 0 Å². The lowest BCUT2D eigenvalue weighted by Gasteiger charge is -2.28. The number of nitrogens with zero attached hydrogens (tertiary/aromatic N) is 5. The van der Waals surface area contributed by atoms with E-state index in [4.69, 9.17) is 4.98 Å². The molecule has 0 unspecified atom stereocenters. The Morgan fingerprint density at radius 3 is 2.56 bits per heavy atom. The number of hydrogen-bond acceptors (Lipinski definition) is 5. The number of aromatic amines is 1. The summed E-state index contributed by atoms with van der Waals surface area (Å²) >= 11 is 0. The molecule has 7 heteroatoms. The van der Waals surface area contributed by atoms with E-state index in [1.54, 1.807) is 6.33 Å². The number of rotatable bonds is 3. The van der Waals surface area contributed by atoms with Gasteiger partial charge in [-0.05, 0) is 54.8 Å². The van der Waals surface area contributed by atoms with E-state index in [1.165, 1.54) is 10.9 Å². The maximum atomic E-state index is 4.75. The van der Waals surface area contributed by atoms with Crippen LogP contribution in [0.3, 0.4) is 0 Å². The van der Waals surface area contributed by atoms with Crippen LogP contribution in [0.25, 0.3) is 38.9 Å². The van der Waals surface area contributed by atoms with Crippen LogP contribution >= 0.6 is 0 Å². The third-order valence-corrected chi connectivity index (χ3v) is 6.43. The minimum atomic E-state index is 0.893. The van der Waals surface area contributed by atoms with E-state index in [1.807, 2.05) is 16.9 Å². The molecule has 0 bridgehead atoms. The van der Waals surface area contributed by atoms with Gasteiger partial charge in [0.25, 0.3) is 0 Å². The topological polar surface area (TPSA) is 74.1 Å². The van der Waals surface area contributed by atoms with E-state index in [0.717, 1.165) is 71.1 Å². The fourth-order valence-corrected chi connectivity index (χ4v) is 4.67. The SMILES string of the molecule is Cc1c(-c2ccc(N3CCNCC3)nc2)[nH]c2cc(-c3cc(C)c4ncnn4c3)ccc12. The highest BCUT2D eigenvalue weighted by Gasteiger charge is 2.14. The van der Waals surface area contributed by atoms with E-state index >= 15 is 0 Å². The second-order valence-electron chi connectivity index (χ2n) is 8.47. The molecule has 7 nitrogen and oxygen atoms in total. The van der Waals surface area contributed by atoms with Gasteiger partial charge in [0.15, 0.2) is 5.65 Å². The molecule has 5 aromatic rings. The van der Waals surface area contributed by atoms with Gasteiger partial charge in [0.2, 0.25) is 0 Å². The molecule has 2 N–H and O–H groups in total. The lowest BCUT2D eigenvalue weighted by molar-refractivity contribution is 0.585. The molecule has 1 aliphatic heterocycles. The summed E-state index contributed by atoms with van der Waals surface area (Å²) < 4.78 is 1.84. The molecule has 0 spiro atoms. The van der Waals surface area contributed by atoms with E-state index in [2.05, 4.69) is 75.5 Å². The lowest BCUT2D eigenvalue weighted by Crippen LogP contribution is -2.43. The molecule has 0 aliphatic carbocycles. The molecule has 6 rings (SSSR count). The summed E-state index contributed by atoms with van der Waals surface area (Å²) in [7, 11) is 0. The number of H-pyrrole nitrogens is 1. The fraction of sp³-hybridized carbons (Fsp3) is 0.240. The standard InChI is InChI=1S/C25H25N7/c1-16-11-20(14-32-25(16)28-15-29-32)18-3-5-21-17(2)24(30-22(21)12-18)19-4-6-23(27-13-19)31-9-7-26-8-10-31/h3-6,11-15,26,30H,7-10H2,1-2H3. The predicted octanol–water partition coefficient (Wildman–Crippen LogP) is 3.97. The first kappa shape index (κ1) is 19.0. The van der Waals surface area contributed by atoms with Gasteiger partial charge < -0.3 is 15.2 Å². The van der Waals surface area contributed by atoms with Crippen molar-refractivity contribution >= 4 is 22.4 Å². The zero-order chi connectivity index (χ0) is 21.7. The molecule has 32 heavy (non-hydrogen) atoms. The summed E-state index contributed by atoms with van der Waals surface area (Å²) in [4.78, 5) is 15.0. The Bertz CT molecular complexity index is 1420. The third-order valence-electron chi connectivity index (χ3n) is 6.43. The Kier molecular flexibility index (Phi) is 4.43. The first-order chi connectivity index (χ1) is 15.7. The summed E-state index contributed by atoms with van der Waals surface area (Å²) in [5, 5.41) is 8.93. The average Bonchev–Trinajstić information content (AvgIpc) is 3.44. The van der Waals surface area contributed by atoms with Crippen LogP contribution in [0.15, 0.2) is 55.1 Å². The minimum absolute atomic E-state index is 0.893. The van der Waals surface area contributed by atoms with Crippen LogP contribution in [0.1, 0.15) is 11.1 Å². The second-order valence-corrected chi connectivity index (χ2v) is 8.47. The van der Waals surface area contributed by atoms with Crippen LogP contribution in [-0.4, -0.2) is 50.7 Å². The summed E-state index contributed by atoms with van der Waals surface area (Å²) in [6.45, 7) is 8.26. The molecule has 1 fully saturated rings. The summed E-state index contributed by atoms with van der Waals surface area (Å²) in [5.41, 5.74) is 8.88. The zero-order valence-corrected chi connectivity index (χ0v) is 18.3. The summed E-state index contributed by atoms with van der Waals surface area (Å²) in [5.74, 6) is 1.05. The smallest absolute Gasteiger partial charge is 0.158 e. The van der Waals surface area contributed by atoms with Crippen LogP contribution in [-0.2, 0) is 0 Å². The Balaban J connectivity index is 1.36. The molecule has 1 saturated heterocycles. The quantitative estimate of drug-likeness (QED) is 0.459. The van der Waals surface area contributed by atoms with Crippen LogP contribution in [0, 0.1) is 13.8 Å². The monoisotopic (exact) mass is 423 g/mol. The zero-order valence-electron chi connectivity index (χ0n) is 18.3. The Morgan fingerprint density at radius 1 is 0.906 bits per heavy atom. The molecule has 0 saturated carbocycles. The van der Waals surface area contributed by atoms with Gasteiger partial charge in [0.05, 0.1) is 5.69 Å². The number of hydrogen-bond donors (Lipinski definition) is 2. The van der Waals surface area contributed by atoms with Crippen molar-refractivity contribution in [2.24, 2.45) is 0 Å². The van der Waals surface area contributed by atoms with Gasteiger partial charge in [0.1, 0.15) is 12.1 Å². The van der Waals surface area contributed by atoms with Crippen molar-refractivity contribution in [3.05, 3.63) is 66.2 Å². The predicted molar refractivity (Wildman–Crippen MR) is 128 cm³/mol. The maximum Gasteiger partial charge on any atom is 0.158 e. The molecular formula is C25H25N7. The first-order valence-corrected chi connectivity index (χ1v) is 11.0. The number of fused-ring (bicyclic) bond motifs is 2. The van der Waals surface area contributed by atoms with Crippen molar-refractivity contribution in [2.45, 2.75) is 13.8 Å². The van der Waals surface area contributed by atoms with Crippen molar-refractivity contribution in [3.63, 3.8) is 0 Å². The molecule has 4 aromatic heterocycles. The number of anilines is 1. The van der Waals surface area contributed by atoms with Crippen molar-refractivity contribution in [2.75, 3.05) is 31.1 Å². The first-order valence-electron chi connectivity index (χ1n) is 11.0. The largest absolute Gasteiger partial charge is 0.354 e. The fourth-order valence-electron chi connectivity index (χ4n) is 4.67. The molecule has 5 heterocycles. The van der Waals surface area contributed by atoms with E-state index in [-0.39, 0.29) is 0 Å². The van der Waals surface area contributed by atoms with Gasteiger partial charge in [0, 0.05) is 60.6 Å². The van der Waals surface area contributed by atoms with Crippen LogP contribution in [0.5, 0.6) is 0 Å². The molecule has 0 radical (unpaired) electrons. The van der Waals surface area contributed by atoms with Gasteiger partial charge in [-0.2, -0.15) is 5.10 Å².